The number of dihydropyridines is 1. The summed E-state index contributed by atoms with van der Waals surface area (Å²) in [6, 6.07) is 15.7. The lowest BCUT2D eigenvalue weighted by Gasteiger charge is -2.14. The summed E-state index contributed by atoms with van der Waals surface area (Å²) in [5, 5.41) is 16.6. The Balaban J connectivity index is 1.71. The van der Waals surface area contributed by atoms with Gasteiger partial charge in [-0.2, -0.15) is 5.48 Å². The molecule has 1 aliphatic heterocycles. The first-order valence-corrected chi connectivity index (χ1v) is 8.88. The molecule has 4 rings (SSSR count). The van der Waals surface area contributed by atoms with E-state index in [2.05, 4.69) is 22.2 Å². The van der Waals surface area contributed by atoms with Gasteiger partial charge in [0.2, 0.25) is 0 Å². The molecular weight excluding hydrogens is 338 g/mol. The van der Waals surface area contributed by atoms with Crippen LogP contribution < -0.4 is 16.1 Å². The summed E-state index contributed by atoms with van der Waals surface area (Å²) in [4.78, 5) is 9.49. The van der Waals surface area contributed by atoms with E-state index in [1.807, 2.05) is 67.7 Å². The molecular formula is C21H21N5O. The van der Waals surface area contributed by atoms with Crippen molar-refractivity contribution in [1.29, 1.82) is 0 Å². The van der Waals surface area contributed by atoms with Crippen molar-refractivity contribution in [2.45, 2.75) is 13.0 Å². The van der Waals surface area contributed by atoms with Gasteiger partial charge in [-0.15, -0.1) is 0 Å². The predicted molar refractivity (Wildman–Crippen MR) is 108 cm³/mol. The maximum Gasteiger partial charge on any atom is 0.161 e. The lowest BCUT2D eigenvalue weighted by molar-refractivity contribution is 0.133. The molecule has 0 bridgehead atoms. The van der Waals surface area contributed by atoms with Crippen LogP contribution in [0.3, 0.4) is 0 Å². The summed E-state index contributed by atoms with van der Waals surface area (Å²) in [6.07, 6.45) is 5.97. The number of benzene rings is 2. The molecule has 0 aliphatic carbocycles. The van der Waals surface area contributed by atoms with E-state index in [9.17, 15) is 0 Å². The van der Waals surface area contributed by atoms with E-state index in [0.29, 0.717) is 5.82 Å². The number of aromatic nitrogens is 2. The number of hydrogen-bond donors (Lipinski definition) is 4. The van der Waals surface area contributed by atoms with Crippen molar-refractivity contribution in [3.05, 3.63) is 78.3 Å². The molecule has 136 valence electrons. The van der Waals surface area contributed by atoms with Crippen LogP contribution in [-0.4, -0.2) is 21.7 Å². The van der Waals surface area contributed by atoms with E-state index in [-0.39, 0.29) is 6.04 Å². The van der Waals surface area contributed by atoms with E-state index >= 15 is 0 Å². The first kappa shape index (κ1) is 17.2. The summed E-state index contributed by atoms with van der Waals surface area (Å²) in [6.45, 7) is 2.66. The van der Waals surface area contributed by atoms with E-state index in [1.165, 1.54) is 0 Å². The highest BCUT2D eigenvalue weighted by Gasteiger charge is 2.11. The fourth-order valence-electron chi connectivity index (χ4n) is 2.99. The smallest absolute Gasteiger partial charge is 0.161 e. The quantitative estimate of drug-likeness (QED) is 0.517. The summed E-state index contributed by atoms with van der Waals surface area (Å²) >= 11 is 0. The van der Waals surface area contributed by atoms with Crippen molar-refractivity contribution in [1.82, 2.24) is 20.8 Å². The topological polar surface area (TPSA) is 82.1 Å². The van der Waals surface area contributed by atoms with Gasteiger partial charge in [-0.1, -0.05) is 30.3 Å². The SMILES string of the molecule is CC(NO)c1ccc(Nc2nc(C3=CCNC=C3)nc3ccccc23)cc1. The third-order valence-corrected chi connectivity index (χ3v) is 4.55. The van der Waals surface area contributed by atoms with E-state index in [0.717, 1.165) is 40.1 Å². The molecule has 6 heteroatoms. The van der Waals surface area contributed by atoms with Gasteiger partial charge < -0.3 is 15.8 Å². The Hall–Kier alpha value is -3.22. The van der Waals surface area contributed by atoms with Gasteiger partial charge >= 0.3 is 0 Å². The first-order valence-electron chi connectivity index (χ1n) is 8.88. The number of fused-ring (bicyclic) bond motifs is 1. The van der Waals surface area contributed by atoms with Gasteiger partial charge in [0.05, 0.1) is 11.6 Å². The average Bonchev–Trinajstić information content (AvgIpc) is 2.74. The zero-order valence-electron chi connectivity index (χ0n) is 15.0. The molecule has 0 amide bonds. The Labute approximate surface area is 157 Å². The van der Waals surface area contributed by atoms with Gasteiger partial charge in [-0.05, 0) is 49.0 Å². The van der Waals surface area contributed by atoms with Crippen LogP contribution in [0.25, 0.3) is 16.5 Å². The van der Waals surface area contributed by atoms with Crippen LogP contribution in [0.5, 0.6) is 0 Å². The van der Waals surface area contributed by atoms with Gasteiger partial charge in [0, 0.05) is 23.2 Å². The fraction of sp³-hybridized carbons (Fsp3) is 0.143. The monoisotopic (exact) mass is 359 g/mol. The first-order chi connectivity index (χ1) is 13.2. The number of allylic oxidation sites excluding steroid dienone is 2. The van der Waals surface area contributed by atoms with Crippen LogP contribution in [0.2, 0.25) is 0 Å². The minimum Gasteiger partial charge on any atom is -0.387 e. The predicted octanol–water partition coefficient (Wildman–Crippen LogP) is 3.91. The van der Waals surface area contributed by atoms with Crippen molar-refractivity contribution >= 4 is 28.0 Å². The second-order valence-corrected chi connectivity index (χ2v) is 6.41. The Bertz CT molecular complexity index is 1010. The Morgan fingerprint density at radius 1 is 1.07 bits per heavy atom. The van der Waals surface area contributed by atoms with E-state index < -0.39 is 0 Å². The molecule has 0 fully saturated rings. The third-order valence-electron chi connectivity index (χ3n) is 4.55. The number of nitrogens with zero attached hydrogens (tertiary/aromatic N) is 2. The lowest BCUT2D eigenvalue weighted by Crippen LogP contribution is -2.12. The molecule has 3 aromatic rings. The molecule has 0 saturated heterocycles. The number of anilines is 2. The molecule has 0 saturated carbocycles. The Kier molecular flexibility index (Phi) is 4.82. The van der Waals surface area contributed by atoms with Crippen molar-refractivity contribution in [2.24, 2.45) is 0 Å². The molecule has 2 aromatic carbocycles. The minimum absolute atomic E-state index is 0.121. The van der Waals surface area contributed by atoms with E-state index in [1.54, 1.807) is 0 Å². The second-order valence-electron chi connectivity index (χ2n) is 6.41. The molecule has 6 nitrogen and oxygen atoms in total. The van der Waals surface area contributed by atoms with Crippen LogP contribution in [0, 0.1) is 0 Å². The Morgan fingerprint density at radius 3 is 2.63 bits per heavy atom. The normalized spacial score (nSPS) is 14.5. The van der Waals surface area contributed by atoms with Crippen LogP contribution in [0.4, 0.5) is 11.5 Å². The molecule has 0 spiro atoms. The molecule has 1 atom stereocenters. The number of para-hydroxylation sites is 1. The highest BCUT2D eigenvalue weighted by atomic mass is 16.5. The van der Waals surface area contributed by atoms with Crippen LogP contribution in [0.1, 0.15) is 24.4 Å². The number of nitrogens with one attached hydrogen (secondary N) is 3. The van der Waals surface area contributed by atoms with Gasteiger partial charge in [0.1, 0.15) is 5.82 Å². The summed E-state index contributed by atoms with van der Waals surface area (Å²) in [5.74, 6) is 1.47. The number of rotatable bonds is 5. The highest BCUT2D eigenvalue weighted by Crippen LogP contribution is 2.27. The minimum atomic E-state index is -0.121. The van der Waals surface area contributed by atoms with Crippen LogP contribution in [0.15, 0.2) is 66.9 Å². The number of hydroxylamine groups is 1. The standard InChI is InChI=1S/C21H21N5O/c1-14(26-27)15-6-8-17(9-7-15)23-21-18-4-2-3-5-19(18)24-20(25-21)16-10-12-22-13-11-16/h2-12,14,22,26-27H,13H2,1H3,(H,23,24,25). The zero-order chi connectivity index (χ0) is 18.6. The van der Waals surface area contributed by atoms with Crippen molar-refractivity contribution in [3.63, 3.8) is 0 Å². The van der Waals surface area contributed by atoms with E-state index in [4.69, 9.17) is 15.2 Å². The molecule has 4 N–H and O–H groups in total. The zero-order valence-corrected chi connectivity index (χ0v) is 15.0. The maximum atomic E-state index is 9.07. The summed E-state index contributed by atoms with van der Waals surface area (Å²) < 4.78 is 0. The van der Waals surface area contributed by atoms with Crippen LogP contribution in [-0.2, 0) is 0 Å². The van der Waals surface area contributed by atoms with Crippen LogP contribution >= 0.6 is 0 Å². The second kappa shape index (κ2) is 7.57. The average molecular weight is 359 g/mol. The Morgan fingerprint density at radius 2 is 1.89 bits per heavy atom. The van der Waals surface area contributed by atoms with Crippen molar-refractivity contribution in [2.75, 3.05) is 11.9 Å². The summed E-state index contributed by atoms with van der Waals surface area (Å²) in [7, 11) is 0. The van der Waals surface area contributed by atoms with Gasteiger partial charge in [0.25, 0.3) is 0 Å². The fourth-order valence-corrected chi connectivity index (χ4v) is 2.99. The highest BCUT2D eigenvalue weighted by molar-refractivity contribution is 5.92. The largest absolute Gasteiger partial charge is 0.387 e. The molecule has 2 heterocycles. The molecule has 0 radical (unpaired) electrons. The molecule has 1 unspecified atom stereocenters. The molecule has 1 aromatic heterocycles. The van der Waals surface area contributed by atoms with Gasteiger partial charge in [-0.25, -0.2) is 9.97 Å². The summed E-state index contributed by atoms with van der Waals surface area (Å²) in [5.41, 5.74) is 6.08. The molecule has 27 heavy (non-hydrogen) atoms. The number of hydrogen-bond acceptors (Lipinski definition) is 6. The molecule has 1 aliphatic rings. The van der Waals surface area contributed by atoms with Gasteiger partial charge in [0.15, 0.2) is 5.82 Å². The maximum absolute atomic E-state index is 9.07. The van der Waals surface area contributed by atoms with Gasteiger partial charge in [-0.3, -0.25) is 0 Å². The van der Waals surface area contributed by atoms with Crippen molar-refractivity contribution < 1.29 is 5.21 Å². The third kappa shape index (κ3) is 3.67. The van der Waals surface area contributed by atoms with Crippen molar-refractivity contribution in [3.8, 4) is 0 Å². The lowest BCUT2D eigenvalue weighted by atomic mass is 10.1.